The van der Waals surface area contributed by atoms with Gasteiger partial charge in [-0.25, -0.2) is 8.42 Å². The van der Waals surface area contributed by atoms with Gasteiger partial charge in [0, 0.05) is 44.8 Å². The summed E-state index contributed by atoms with van der Waals surface area (Å²) in [6, 6.07) is 17.7. The van der Waals surface area contributed by atoms with Crippen molar-refractivity contribution in [1.82, 2.24) is 14.5 Å². The van der Waals surface area contributed by atoms with E-state index in [9.17, 15) is 13.2 Å². The first-order valence-electron chi connectivity index (χ1n) is 10.1. The summed E-state index contributed by atoms with van der Waals surface area (Å²) in [6.45, 7) is 5.57. The standard InChI is InChI=1S/C22H29N3O3S/c1-2-29(27,28)25-16-14-24(15-17-25)18-20-8-10-21(11-9-20)22(26)23-13-12-19-6-4-3-5-7-19/h3-11H,2,12-18H2,1H3,(H,23,26). The lowest BCUT2D eigenvalue weighted by Crippen LogP contribution is -2.48. The van der Waals surface area contributed by atoms with Crippen molar-refractivity contribution in [3.05, 3.63) is 71.3 Å². The summed E-state index contributed by atoms with van der Waals surface area (Å²) in [5.41, 5.74) is 2.98. The van der Waals surface area contributed by atoms with Gasteiger partial charge < -0.3 is 5.32 Å². The molecule has 156 valence electrons. The van der Waals surface area contributed by atoms with E-state index in [0.717, 1.165) is 31.6 Å². The first-order valence-corrected chi connectivity index (χ1v) is 11.7. The van der Waals surface area contributed by atoms with Crippen molar-refractivity contribution in [2.24, 2.45) is 0 Å². The smallest absolute Gasteiger partial charge is 0.251 e. The Morgan fingerprint density at radius 3 is 2.21 bits per heavy atom. The van der Waals surface area contributed by atoms with Gasteiger partial charge in [-0.2, -0.15) is 4.31 Å². The maximum absolute atomic E-state index is 12.3. The van der Waals surface area contributed by atoms with Crippen LogP contribution in [0.15, 0.2) is 54.6 Å². The minimum atomic E-state index is -3.10. The second-order valence-electron chi connectivity index (χ2n) is 7.26. The zero-order valence-electron chi connectivity index (χ0n) is 16.9. The molecule has 1 amide bonds. The molecule has 1 fully saturated rings. The molecule has 1 N–H and O–H groups in total. The highest BCUT2D eigenvalue weighted by Gasteiger charge is 2.25. The molecule has 7 heteroatoms. The molecule has 1 heterocycles. The Balaban J connectivity index is 1.44. The lowest BCUT2D eigenvalue weighted by Gasteiger charge is -2.33. The third-order valence-corrected chi connectivity index (χ3v) is 7.14. The number of carbonyl (C=O) groups excluding carboxylic acids is 1. The van der Waals surface area contributed by atoms with Crippen LogP contribution in [-0.4, -0.2) is 62.0 Å². The van der Waals surface area contributed by atoms with Gasteiger partial charge in [-0.3, -0.25) is 9.69 Å². The number of rotatable bonds is 8. The fourth-order valence-electron chi connectivity index (χ4n) is 3.44. The van der Waals surface area contributed by atoms with Gasteiger partial charge in [0.25, 0.3) is 5.91 Å². The number of carbonyl (C=O) groups is 1. The first-order chi connectivity index (χ1) is 14.0. The molecule has 0 atom stereocenters. The highest BCUT2D eigenvalue weighted by Crippen LogP contribution is 2.12. The Morgan fingerprint density at radius 1 is 0.931 bits per heavy atom. The van der Waals surface area contributed by atoms with Crippen molar-refractivity contribution in [3.8, 4) is 0 Å². The number of hydrogen-bond acceptors (Lipinski definition) is 4. The molecule has 0 bridgehead atoms. The van der Waals surface area contributed by atoms with Gasteiger partial charge in [0.1, 0.15) is 0 Å². The van der Waals surface area contributed by atoms with Crippen LogP contribution in [0.4, 0.5) is 0 Å². The number of benzene rings is 2. The minimum absolute atomic E-state index is 0.0640. The van der Waals surface area contributed by atoms with Crippen LogP contribution in [0.5, 0.6) is 0 Å². The average Bonchev–Trinajstić information content (AvgIpc) is 2.75. The predicted octanol–water partition coefficient (Wildman–Crippen LogP) is 2.13. The third kappa shape index (κ3) is 6.13. The molecule has 1 saturated heterocycles. The maximum Gasteiger partial charge on any atom is 0.251 e. The zero-order valence-corrected chi connectivity index (χ0v) is 17.7. The molecule has 2 aromatic carbocycles. The monoisotopic (exact) mass is 415 g/mol. The Bertz CT molecular complexity index is 891. The molecule has 0 aromatic heterocycles. The molecule has 0 radical (unpaired) electrons. The van der Waals surface area contributed by atoms with Crippen LogP contribution in [0.25, 0.3) is 0 Å². The van der Waals surface area contributed by atoms with Crippen molar-refractivity contribution in [2.45, 2.75) is 19.9 Å². The van der Waals surface area contributed by atoms with Crippen LogP contribution in [0, 0.1) is 0 Å². The summed E-state index contributed by atoms with van der Waals surface area (Å²) in [5, 5.41) is 2.96. The van der Waals surface area contributed by atoms with E-state index in [1.165, 1.54) is 5.56 Å². The molecule has 0 spiro atoms. The van der Waals surface area contributed by atoms with E-state index in [4.69, 9.17) is 0 Å². The first kappa shape index (κ1) is 21.5. The Labute approximate surface area is 173 Å². The average molecular weight is 416 g/mol. The van der Waals surface area contributed by atoms with Gasteiger partial charge >= 0.3 is 0 Å². The fourth-order valence-corrected chi connectivity index (χ4v) is 4.52. The Kier molecular flexibility index (Phi) is 7.41. The summed E-state index contributed by atoms with van der Waals surface area (Å²) >= 11 is 0. The molecule has 3 rings (SSSR count). The topological polar surface area (TPSA) is 69.7 Å². The molecule has 0 saturated carbocycles. The van der Waals surface area contributed by atoms with Crippen molar-refractivity contribution in [3.63, 3.8) is 0 Å². The van der Waals surface area contributed by atoms with Crippen molar-refractivity contribution < 1.29 is 13.2 Å². The molecule has 1 aliphatic heterocycles. The number of nitrogens with one attached hydrogen (secondary N) is 1. The highest BCUT2D eigenvalue weighted by atomic mass is 32.2. The van der Waals surface area contributed by atoms with Crippen LogP contribution < -0.4 is 5.32 Å². The fraction of sp³-hybridized carbons (Fsp3) is 0.409. The number of piperazine rings is 1. The zero-order chi connectivity index (χ0) is 20.7. The summed E-state index contributed by atoms with van der Waals surface area (Å²) < 4.78 is 25.5. The van der Waals surface area contributed by atoms with Gasteiger partial charge in [0.05, 0.1) is 5.75 Å². The Hall–Kier alpha value is -2.22. The molecule has 6 nitrogen and oxygen atoms in total. The number of hydrogen-bond donors (Lipinski definition) is 1. The molecule has 1 aliphatic rings. The second-order valence-corrected chi connectivity index (χ2v) is 9.52. The number of nitrogens with zero attached hydrogens (tertiary/aromatic N) is 2. The van der Waals surface area contributed by atoms with Gasteiger partial charge in [-0.05, 0) is 36.6 Å². The van der Waals surface area contributed by atoms with Gasteiger partial charge in [0.2, 0.25) is 10.0 Å². The van der Waals surface area contributed by atoms with Crippen molar-refractivity contribution in [2.75, 3.05) is 38.5 Å². The van der Waals surface area contributed by atoms with E-state index in [0.29, 0.717) is 25.2 Å². The van der Waals surface area contributed by atoms with E-state index in [2.05, 4.69) is 22.3 Å². The van der Waals surface area contributed by atoms with E-state index in [1.807, 2.05) is 42.5 Å². The Morgan fingerprint density at radius 2 is 1.59 bits per heavy atom. The predicted molar refractivity (Wildman–Crippen MR) is 115 cm³/mol. The molecule has 0 aliphatic carbocycles. The lowest BCUT2D eigenvalue weighted by molar-refractivity contribution is 0.0954. The summed E-state index contributed by atoms with van der Waals surface area (Å²) in [4.78, 5) is 14.6. The largest absolute Gasteiger partial charge is 0.352 e. The van der Waals surface area contributed by atoms with Crippen LogP contribution in [0.1, 0.15) is 28.4 Å². The summed E-state index contributed by atoms with van der Waals surface area (Å²) in [6.07, 6.45) is 0.810. The van der Waals surface area contributed by atoms with E-state index in [-0.39, 0.29) is 11.7 Å². The number of sulfonamides is 1. The molecular weight excluding hydrogens is 386 g/mol. The van der Waals surface area contributed by atoms with Gasteiger partial charge in [0.15, 0.2) is 0 Å². The number of amides is 1. The lowest BCUT2D eigenvalue weighted by atomic mass is 10.1. The third-order valence-electron chi connectivity index (χ3n) is 5.25. The van der Waals surface area contributed by atoms with Crippen molar-refractivity contribution >= 4 is 15.9 Å². The summed E-state index contributed by atoms with van der Waals surface area (Å²) in [7, 11) is -3.10. The van der Waals surface area contributed by atoms with Gasteiger partial charge in [-0.1, -0.05) is 42.5 Å². The molecule has 2 aromatic rings. The van der Waals surface area contributed by atoms with Crippen LogP contribution in [0.3, 0.4) is 0 Å². The normalized spacial score (nSPS) is 15.9. The highest BCUT2D eigenvalue weighted by molar-refractivity contribution is 7.89. The minimum Gasteiger partial charge on any atom is -0.352 e. The SMILES string of the molecule is CCS(=O)(=O)N1CCN(Cc2ccc(C(=O)NCCc3ccccc3)cc2)CC1. The van der Waals surface area contributed by atoms with E-state index < -0.39 is 10.0 Å². The maximum atomic E-state index is 12.3. The second kappa shape index (κ2) is 10.0. The van der Waals surface area contributed by atoms with E-state index in [1.54, 1.807) is 11.2 Å². The van der Waals surface area contributed by atoms with Gasteiger partial charge in [-0.15, -0.1) is 0 Å². The van der Waals surface area contributed by atoms with Crippen LogP contribution in [0.2, 0.25) is 0 Å². The molecule has 29 heavy (non-hydrogen) atoms. The van der Waals surface area contributed by atoms with Crippen LogP contribution >= 0.6 is 0 Å². The van der Waals surface area contributed by atoms with E-state index >= 15 is 0 Å². The molecule has 0 unspecified atom stereocenters. The van der Waals surface area contributed by atoms with Crippen LogP contribution in [-0.2, 0) is 23.0 Å². The summed E-state index contributed by atoms with van der Waals surface area (Å²) in [5.74, 6) is 0.0906. The molecular formula is C22H29N3O3S. The van der Waals surface area contributed by atoms with Crippen molar-refractivity contribution in [1.29, 1.82) is 0 Å². The quantitative estimate of drug-likeness (QED) is 0.717.